The number of aromatic nitrogens is 1. The molecule has 1 aromatic carbocycles. The number of rotatable bonds is 5. The maximum absolute atomic E-state index is 6.13. The van der Waals surface area contributed by atoms with E-state index in [1.165, 1.54) is 11.1 Å². The van der Waals surface area contributed by atoms with Crippen LogP contribution in [0.15, 0.2) is 29.6 Å². The summed E-state index contributed by atoms with van der Waals surface area (Å²) in [7, 11) is 0. The Kier molecular flexibility index (Phi) is 4.47. The average molecular weight is 261 g/mol. The molecule has 18 heavy (non-hydrogen) atoms. The van der Waals surface area contributed by atoms with Crippen molar-refractivity contribution in [1.82, 2.24) is 10.3 Å². The van der Waals surface area contributed by atoms with Crippen LogP contribution in [0.25, 0.3) is 0 Å². The van der Waals surface area contributed by atoms with Crippen LogP contribution in [0.4, 0.5) is 0 Å². The third kappa shape index (κ3) is 3.63. The topological polar surface area (TPSA) is 50.9 Å². The van der Waals surface area contributed by atoms with E-state index in [0.717, 1.165) is 23.8 Å². The summed E-state index contributed by atoms with van der Waals surface area (Å²) in [5.74, 6) is 0. The van der Waals surface area contributed by atoms with E-state index in [0.29, 0.717) is 0 Å². The Labute approximate surface area is 112 Å². The van der Waals surface area contributed by atoms with Crippen LogP contribution in [0.2, 0.25) is 0 Å². The first-order valence-corrected chi connectivity index (χ1v) is 6.97. The molecule has 0 amide bonds. The first-order valence-electron chi connectivity index (χ1n) is 6.09. The molecular weight excluding hydrogens is 242 g/mol. The van der Waals surface area contributed by atoms with E-state index in [9.17, 15) is 0 Å². The first kappa shape index (κ1) is 13.2. The second-order valence-corrected chi connectivity index (χ2v) is 5.47. The van der Waals surface area contributed by atoms with E-state index in [4.69, 9.17) is 5.73 Å². The van der Waals surface area contributed by atoms with Crippen LogP contribution in [-0.2, 0) is 6.54 Å². The van der Waals surface area contributed by atoms with Crippen molar-refractivity contribution in [2.45, 2.75) is 26.4 Å². The molecule has 1 atom stereocenters. The number of thiazole rings is 1. The molecule has 96 valence electrons. The maximum Gasteiger partial charge on any atom is 0.107 e. The second kappa shape index (κ2) is 6.09. The van der Waals surface area contributed by atoms with E-state index >= 15 is 0 Å². The van der Waals surface area contributed by atoms with Crippen molar-refractivity contribution >= 4 is 11.3 Å². The van der Waals surface area contributed by atoms with E-state index in [2.05, 4.69) is 46.9 Å². The molecule has 1 unspecified atom stereocenters. The van der Waals surface area contributed by atoms with Crippen molar-refractivity contribution in [3.05, 3.63) is 51.5 Å². The highest BCUT2D eigenvalue weighted by Crippen LogP contribution is 2.11. The lowest BCUT2D eigenvalue weighted by atomic mass is 10.1. The predicted octanol–water partition coefficient (Wildman–Crippen LogP) is 2.55. The highest BCUT2D eigenvalue weighted by Gasteiger charge is 2.05. The molecule has 0 aliphatic carbocycles. The van der Waals surface area contributed by atoms with Crippen LogP contribution < -0.4 is 11.1 Å². The zero-order chi connectivity index (χ0) is 13.0. The monoisotopic (exact) mass is 261 g/mol. The van der Waals surface area contributed by atoms with E-state index in [-0.39, 0.29) is 6.04 Å². The summed E-state index contributed by atoms with van der Waals surface area (Å²) in [5.41, 5.74) is 9.65. The third-order valence-corrected chi connectivity index (χ3v) is 3.78. The zero-order valence-electron chi connectivity index (χ0n) is 10.8. The Hall–Kier alpha value is -1.23. The molecule has 0 bridgehead atoms. The Morgan fingerprint density at radius 3 is 2.61 bits per heavy atom. The fourth-order valence-corrected chi connectivity index (χ4v) is 2.49. The van der Waals surface area contributed by atoms with Gasteiger partial charge in [0.1, 0.15) is 5.01 Å². The number of aryl methyl sites for hydroxylation is 2. The average Bonchev–Trinajstić information content (AvgIpc) is 2.76. The highest BCUT2D eigenvalue weighted by molar-refractivity contribution is 7.09. The summed E-state index contributed by atoms with van der Waals surface area (Å²) < 4.78 is 0. The number of nitrogens with two attached hydrogens (primary N) is 1. The molecule has 0 fully saturated rings. The Morgan fingerprint density at radius 1 is 1.28 bits per heavy atom. The van der Waals surface area contributed by atoms with Gasteiger partial charge >= 0.3 is 0 Å². The summed E-state index contributed by atoms with van der Waals surface area (Å²) in [6.45, 7) is 5.65. The van der Waals surface area contributed by atoms with Gasteiger partial charge in [-0.25, -0.2) is 4.98 Å². The van der Waals surface area contributed by atoms with Gasteiger partial charge in [0.05, 0.1) is 0 Å². The summed E-state index contributed by atoms with van der Waals surface area (Å²) in [6.07, 6.45) is 0. The number of hydrogen-bond donors (Lipinski definition) is 2. The minimum atomic E-state index is 0.0339. The number of nitrogens with zero attached hydrogens (tertiary/aromatic N) is 1. The molecule has 2 aromatic rings. The normalized spacial score (nSPS) is 12.6. The second-order valence-electron chi connectivity index (χ2n) is 4.53. The quantitative estimate of drug-likeness (QED) is 0.869. The molecule has 1 heterocycles. The highest BCUT2D eigenvalue weighted by atomic mass is 32.1. The molecule has 3 nitrogen and oxygen atoms in total. The third-order valence-electron chi connectivity index (χ3n) is 2.81. The molecule has 1 aromatic heterocycles. The van der Waals surface area contributed by atoms with Crippen molar-refractivity contribution < 1.29 is 0 Å². The van der Waals surface area contributed by atoms with Crippen molar-refractivity contribution in [1.29, 1.82) is 0 Å². The van der Waals surface area contributed by atoms with Gasteiger partial charge in [-0.3, -0.25) is 0 Å². The van der Waals surface area contributed by atoms with Gasteiger partial charge in [-0.2, -0.15) is 0 Å². The lowest BCUT2D eigenvalue weighted by Crippen LogP contribution is -2.26. The summed E-state index contributed by atoms with van der Waals surface area (Å²) in [6, 6.07) is 8.41. The van der Waals surface area contributed by atoms with Gasteiger partial charge in [0.15, 0.2) is 0 Å². The van der Waals surface area contributed by atoms with E-state index in [1.807, 2.05) is 6.92 Å². The van der Waals surface area contributed by atoms with Crippen molar-refractivity contribution in [3.8, 4) is 0 Å². The molecule has 0 saturated heterocycles. The van der Waals surface area contributed by atoms with Gasteiger partial charge in [0.25, 0.3) is 0 Å². The van der Waals surface area contributed by atoms with Crippen molar-refractivity contribution in [3.63, 3.8) is 0 Å². The molecule has 2 rings (SSSR count). The smallest absolute Gasteiger partial charge is 0.107 e. The summed E-state index contributed by atoms with van der Waals surface area (Å²) in [5, 5.41) is 6.53. The fourth-order valence-electron chi connectivity index (χ4n) is 1.75. The van der Waals surface area contributed by atoms with Crippen LogP contribution in [0, 0.1) is 13.8 Å². The first-order chi connectivity index (χ1) is 8.65. The molecule has 3 N–H and O–H groups in total. The van der Waals surface area contributed by atoms with Crippen LogP contribution in [0.3, 0.4) is 0 Å². The van der Waals surface area contributed by atoms with Crippen LogP contribution in [-0.4, -0.2) is 11.5 Å². The minimum absolute atomic E-state index is 0.0339. The lowest BCUT2D eigenvalue weighted by molar-refractivity contribution is 0.596. The Bertz CT molecular complexity index is 490. The van der Waals surface area contributed by atoms with Gasteiger partial charge in [-0.1, -0.05) is 29.8 Å². The van der Waals surface area contributed by atoms with Gasteiger partial charge < -0.3 is 11.1 Å². The van der Waals surface area contributed by atoms with Crippen LogP contribution >= 0.6 is 11.3 Å². The molecule has 4 heteroatoms. The van der Waals surface area contributed by atoms with Gasteiger partial charge in [0, 0.05) is 30.2 Å². The molecule has 0 radical (unpaired) electrons. The number of benzene rings is 1. The van der Waals surface area contributed by atoms with Crippen LogP contribution in [0.1, 0.15) is 27.9 Å². The largest absolute Gasteiger partial charge is 0.323 e. The Morgan fingerprint density at radius 2 is 2.00 bits per heavy atom. The SMILES string of the molecule is Cc1ccc(C(N)CNCc2nc(C)cs2)cc1. The zero-order valence-corrected chi connectivity index (χ0v) is 11.6. The summed E-state index contributed by atoms with van der Waals surface area (Å²) >= 11 is 1.68. The standard InChI is InChI=1S/C14H19N3S/c1-10-3-5-12(6-4-10)13(15)7-16-8-14-17-11(2)9-18-14/h3-6,9,13,16H,7-8,15H2,1-2H3. The maximum atomic E-state index is 6.13. The lowest BCUT2D eigenvalue weighted by Gasteiger charge is -2.12. The Balaban J connectivity index is 1.81. The van der Waals surface area contributed by atoms with E-state index < -0.39 is 0 Å². The summed E-state index contributed by atoms with van der Waals surface area (Å²) in [4.78, 5) is 4.41. The predicted molar refractivity (Wildman–Crippen MR) is 76.7 cm³/mol. The number of nitrogens with one attached hydrogen (secondary N) is 1. The van der Waals surface area contributed by atoms with Crippen LogP contribution in [0.5, 0.6) is 0 Å². The van der Waals surface area contributed by atoms with Gasteiger partial charge in [-0.05, 0) is 19.4 Å². The molecule has 0 saturated carbocycles. The molecule has 0 aliphatic rings. The molecule has 0 aliphatic heterocycles. The minimum Gasteiger partial charge on any atom is -0.323 e. The molecular formula is C14H19N3S. The van der Waals surface area contributed by atoms with Gasteiger partial charge in [-0.15, -0.1) is 11.3 Å². The fraction of sp³-hybridized carbons (Fsp3) is 0.357. The number of hydrogen-bond acceptors (Lipinski definition) is 4. The van der Waals surface area contributed by atoms with Gasteiger partial charge in [0.2, 0.25) is 0 Å². The van der Waals surface area contributed by atoms with Crippen molar-refractivity contribution in [2.75, 3.05) is 6.54 Å². The molecule has 0 spiro atoms. The van der Waals surface area contributed by atoms with E-state index in [1.54, 1.807) is 11.3 Å². The van der Waals surface area contributed by atoms with Crippen molar-refractivity contribution in [2.24, 2.45) is 5.73 Å².